The Morgan fingerprint density at radius 3 is 3.00 bits per heavy atom. The molecule has 1 aromatic rings. The molecule has 2 heterocycles. The lowest BCUT2D eigenvalue weighted by Crippen LogP contribution is -2.42. The lowest BCUT2D eigenvalue weighted by atomic mass is 10.0. The fourth-order valence-electron chi connectivity index (χ4n) is 2.02. The number of hydrogen-bond donors (Lipinski definition) is 1. The second-order valence-electron chi connectivity index (χ2n) is 4.57. The number of aromatic nitrogens is 1. The summed E-state index contributed by atoms with van der Waals surface area (Å²) in [4.78, 5) is 3.99. The highest BCUT2D eigenvalue weighted by molar-refractivity contribution is 9.10. The summed E-state index contributed by atoms with van der Waals surface area (Å²) in [7, 11) is -3.49. The molecule has 1 N–H and O–H groups in total. The smallest absolute Gasteiger partial charge is 0.254 e. The van der Waals surface area contributed by atoms with Gasteiger partial charge >= 0.3 is 10.2 Å². The lowest BCUT2D eigenvalue weighted by molar-refractivity contribution is 0.282. The maximum atomic E-state index is 12.2. The standard InChI is InChI=1S/C11H16BrN3O2S/c1-9-3-2-6-15(8-9)18(16,17)14-11-7-10(12)4-5-13-11/h4-5,7,9H,2-3,6,8H2,1H3,(H,13,14). The fraction of sp³-hybridized carbons (Fsp3) is 0.545. The van der Waals surface area contributed by atoms with Gasteiger partial charge in [-0.1, -0.05) is 22.9 Å². The minimum atomic E-state index is -3.49. The second kappa shape index (κ2) is 5.54. The van der Waals surface area contributed by atoms with Crippen molar-refractivity contribution < 1.29 is 8.42 Å². The van der Waals surface area contributed by atoms with Gasteiger partial charge < -0.3 is 0 Å². The first-order valence-corrected chi connectivity index (χ1v) is 8.10. The van der Waals surface area contributed by atoms with Gasteiger partial charge in [0.15, 0.2) is 0 Å². The first kappa shape index (κ1) is 13.8. The Labute approximate surface area is 116 Å². The zero-order valence-electron chi connectivity index (χ0n) is 10.1. The van der Waals surface area contributed by atoms with Crippen LogP contribution >= 0.6 is 15.9 Å². The maximum absolute atomic E-state index is 12.2. The summed E-state index contributed by atoms with van der Waals surface area (Å²) in [5, 5.41) is 0. The van der Waals surface area contributed by atoms with Gasteiger partial charge in [0.25, 0.3) is 0 Å². The quantitative estimate of drug-likeness (QED) is 0.922. The van der Waals surface area contributed by atoms with Crippen LogP contribution in [-0.2, 0) is 10.2 Å². The summed E-state index contributed by atoms with van der Waals surface area (Å²) in [5.74, 6) is 0.744. The topological polar surface area (TPSA) is 62.3 Å². The van der Waals surface area contributed by atoms with E-state index in [1.165, 1.54) is 4.31 Å². The number of halogens is 1. The number of piperidine rings is 1. The third-order valence-electron chi connectivity index (χ3n) is 2.92. The monoisotopic (exact) mass is 333 g/mol. The Balaban J connectivity index is 2.11. The third kappa shape index (κ3) is 3.43. The van der Waals surface area contributed by atoms with Crippen molar-refractivity contribution in [1.82, 2.24) is 9.29 Å². The van der Waals surface area contributed by atoms with E-state index in [1.54, 1.807) is 18.3 Å². The average Bonchev–Trinajstić information content (AvgIpc) is 2.28. The van der Waals surface area contributed by atoms with E-state index in [0.717, 1.165) is 17.3 Å². The van der Waals surface area contributed by atoms with Gasteiger partial charge in [-0.3, -0.25) is 4.72 Å². The molecule has 0 amide bonds. The van der Waals surface area contributed by atoms with Gasteiger partial charge in [-0.25, -0.2) is 4.98 Å². The second-order valence-corrected chi connectivity index (χ2v) is 7.16. The number of pyridine rings is 1. The fourth-order valence-corrected chi connectivity index (χ4v) is 3.68. The van der Waals surface area contributed by atoms with Crippen molar-refractivity contribution in [2.75, 3.05) is 17.8 Å². The predicted octanol–water partition coefficient (Wildman–Crippen LogP) is 2.23. The zero-order valence-corrected chi connectivity index (χ0v) is 12.5. The minimum Gasteiger partial charge on any atom is -0.254 e. The van der Waals surface area contributed by atoms with E-state index in [4.69, 9.17) is 0 Å². The molecule has 0 spiro atoms. The SMILES string of the molecule is CC1CCCN(S(=O)(=O)Nc2cc(Br)ccn2)C1. The first-order valence-electron chi connectivity index (χ1n) is 5.87. The van der Waals surface area contributed by atoms with Gasteiger partial charge in [0, 0.05) is 23.8 Å². The van der Waals surface area contributed by atoms with Crippen LogP contribution in [0, 0.1) is 5.92 Å². The van der Waals surface area contributed by atoms with Crippen LogP contribution in [0.3, 0.4) is 0 Å². The number of nitrogens with zero attached hydrogens (tertiary/aromatic N) is 2. The van der Waals surface area contributed by atoms with E-state index in [9.17, 15) is 8.42 Å². The number of nitrogens with one attached hydrogen (secondary N) is 1. The molecule has 7 heteroatoms. The summed E-state index contributed by atoms with van der Waals surface area (Å²) < 4.78 is 29.1. The normalized spacial score (nSPS) is 21.8. The van der Waals surface area contributed by atoms with Crippen LogP contribution in [-0.4, -0.2) is 30.8 Å². The minimum absolute atomic E-state index is 0.336. The largest absolute Gasteiger partial charge is 0.302 e. The lowest BCUT2D eigenvalue weighted by Gasteiger charge is -2.29. The van der Waals surface area contributed by atoms with Gasteiger partial charge in [-0.2, -0.15) is 12.7 Å². The molecule has 18 heavy (non-hydrogen) atoms. The van der Waals surface area contributed by atoms with Crippen LogP contribution in [0.15, 0.2) is 22.8 Å². The van der Waals surface area contributed by atoms with Crippen LogP contribution < -0.4 is 4.72 Å². The summed E-state index contributed by atoms with van der Waals surface area (Å²) in [6, 6.07) is 3.39. The van der Waals surface area contributed by atoms with E-state index >= 15 is 0 Å². The maximum Gasteiger partial charge on any atom is 0.302 e. The Morgan fingerprint density at radius 2 is 2.33 bits per heavy atom. The van der Waals surface area contributed by atoms with Crippen molar-refractivity contribution in [2.45, 2.75) is 19.8 Å². The molecule has 1 aliphatic heterocycles. The predicted molar refractivity (Wildman–Crippen MR) is 74.5 cm³/mol. The highest BCUT2D eigenvalue weighted by Gasteiger charge is 2.27. The number of rotatable bonds is 3. The van der Waals surface area contributed by atoms with Crippen molar-refractivity contribution in [3.05, 3.63) is 22.8 Å². The van der Waals surface area contributed by atoms with Gasteiger partial charge in [-0.15, -0.1) is 0 Å². The Morgan fingerprint density at radius 1 is 1.56 bits per heavy atom. The van der Waals surface area contributed by atoms with E-state index in [1.807, 2.05) is 0 Å². The summed E-state index contributed by atoms with van der Waals surface area (Å²) >= 11 is 3.29. The third-order valence-corrected chi connectivity index (χ3v) is 4.89. The van der Waals surface area contributed by atoms with E-state index in [-0.39, 0.29) is 0 Å². The van der Waals surface area contributed by atoms with Gasteiger partial charge in [0.2, 0.25) is 0 Å². The van der Waals surface area contributed by atoms with Crippen molar-refractivity contribution in [1.29, 1.82) is 0 Å². The zero-order chi connectivity index (χ0) is 13.2. The Hall–Kier alpha value is -0.660. The molecule has 0 saturated carbocycles. The number of anilines is 1. The Bertz CT molecular complexity index is 521. The van der Waals surface area contributed by atoms with Crippen LogP contribution in [0.25, 0.3) is 0 Å². The Kier molecular flexibility index (Phi) is 4.24. The van der Waals surface area contributed by atoms with Crippen LogP contribution in [0.1, 0.15) is 19.8 Å². The molecule has 1 aromatic heterocycles. The van der Waals surface area contributed by atoms with Gasteiger partial charge in [0.1, 0.15) is 5.82 Å². The molecule has 100 valence electrons. The molecule has 2 rings (SSSR count). The van der Waals surface area contributed by atoms with E-state index in [0.29, 0.717) is 24.8 Å². The number of hydrogen-bond acceptors (Lipinski definition) is 3. The van der Waals surface area contributed by atoms with Crippen LogP contribution in [0.4, 0.5) is 5.82 Å². The molecule has 1 saturated heterocycles. The summed E-state index contributed by atoms with van der Waals surface area (Å²) in [6.07, 6.45) is 3.55. The van der Waals surface area contributed by atoms with Crippen molar-refractivity contribution in [3.63, 3.8) is 0 Å². The van der Waals surface area contributed by atoms with Crippen LogP contribution in [0.2, 0.25) is 0 Å². The molecule has 1 fully saturated rings. The molecule has 1 unspecified atom stereocenters. The molecule has 1 atom stereocenters. The van der Waals surface area contributed by atoms with Gasteiger partial charge in [0.05, 0.1) is 0 Å². The summed E-state index contributed by atoms with van der Waals surface area (Å²) in [6.45, 7) is 3.22. The molecule has 5 nitrogen and oxygen atoms in total. The van der Waals surface area contributed by atoms with Crippen molar-refractivity contribution in [3.8, 4) is 0 Å². The summed E-state index contributed by atoms with van der Waals surface area (Å²) in [5.41, 5.74) is 0. The first-order chi connectivity index (χ1) is 8.47. The molecular weight excluding hydrogens is 318 g/mol. The average molecular weight is 334 g/mol. The van der Waals surface area contributed by atoms with Crippen molar-refractivity contribution >= 4 is 32.0 Å². The van der Waals surface area contributed by atoms with Gasteiger partial charge in [-0.05, 0) is 30.9 Å². The molecular formula is C11H16BrN3O2S. The van der Waals surface area contributed by atoms with Crippen LogP contribution in [0.5, 0.6) is 0 Å². The molecule has 1 aliphatic rings. The van der Waals surface area contributed by atoms with E-state index < -0.39 is 10.2 Å². The molecule has 0 aromatic carbocycles. The molecule has 0 aliphatic carbocycles. The highest BCUT2D eigenvalue weighted by atomic mass is 79.9. The molecule has 0 bridgehead atoms. The molecule has 0 radical (unpaired) electrons. The van der Waals surface area contributed by atoms with E-state index in [2.05, 4.69) is 32.6 Å². The highest BCUT2D eigenvalue weighted by Crippen LogP contribution is 2.20. The van der Waals surface area contributed by atoms with Crippen molar-refractivity contribution in [2.24, 2.45) is 5.92 Å².